The standard InChI is InChI=1S/C22H29N3O3/c1-17(18-8-4-3-5-9-18)26-13-6-12-24-22(23-2)25-19-10-11-20-21(16-19)28-15-7-14-27-20/h3-5,8-11,16-17H,6-7,12-15H2,1-2H3,(H2,23,24,25). The molecule has 1 heterocycles. The van der Waals surface area contributed by atoms with E-state index < -0.39 is 0 Å². The van der Waals surface area contributed by atoms with Crippen LogP contribution in [0.15, 0.2) is 53.5 Å². The Morgan fingerprint density at radius 3 is 2.68 bits per heavy atom. The molecule has 2 aromatic rings. The highest BCUT2D eigenvalue weighted by Gasteiger charge is 2.11. The van der Waals surface area contributed by atoms with Crippen LogP contribution in [0.4, 0.5) is 5.69 Å². The predicted molar refractivity (Wildman–Crippen MR) is 112 cm³/mol. The highest BCUT2D eigenvalue weighted by molar-refractivity contribution is 5.93. The molecule has 0 fully saturated rings. The number of nitrogens with one attached hydrogen (secondary N) is 2. The van der Waals surface area contributed by atoms with E-state index in [1.54, 1.807) is 7.05 Å². The first kappa shape index (κ1) is 20.0. The topological polar surface area (TPSA) is 64.1 Å². The quantitative estimate of drug-likeness (QED) is 0.430. The molecule has 2 aromatic carbocycles. The smallest absolute Gasteiger partial charge is 0.195 e. The molecule has 150 valence electrons. The van der Waals surface area contributed by atoms with E-state index in [1.165, 1.54) is 5.56 Å². The van der Waals surface area contributed by atoms with Crippen LogP contribution in [0.3, 0.4) is 0 Å². The Morgan fingerprint density at radius 2 is 1.89 bits per heavy atom. The molecule has 0 amide bonds. The first-order valence-electron chi connectivity index (χ1n) is 9.80. The van der Waals surface area contributed by atoms with Gasteiger partial charge in [0.2, 0.25) is 0 Å². The zero-order valence-electron chi connectivity index (χ0n) is 16.6. The number of fused-ring (bicyclic) bond motifs is 1. The Hall–Kier alpha value is -2.73. The van der Waals surface area contributed by atoms with Gasteiger partial charge in [-0.2, -0.15) is 0 Å². The van der Waals surface area contributed by atoms with Gasteiger partial charge in [-0.3, -0.25) is 4.99 Å². The highest BCUT2D eigenvalue weighted by atomic mass is 16.5. The normalized spacial score (nSPS) is 14.9. The summed E-state index contributed by atoms with van der Waals surface area (Å²) in [6, 6.07) is 16.1. The van der Waals surface area contributed by atoms with Crippen LogP contribution in [0.1, 0.15) is 31.4 Å². The van der Waals surface area contributed by atoms with Crippen molar-refractivity contribution in [2.24, 2.45) is 4.99 Å². The summed E-state index contributed by atoms with van der Waals surface area (Å²) in [4.78, 5) is 4.28. The van der Waals surface area contributed by atoms with Crippen LogP contribution in [-0.4, -0.2) is 39.4 Å². The fourth-order valence-corrected chi connectivity index (χ4v) is 2.92. The van der Waals surface area contributed by atoms with E-state index in [1.807, 2.05) is 36.4 Å². The van der Waals surface area contributed by atoms with E-state index in [0.29, 0.717) is 25.8 Å². The lowest BCUT2D eigenvalue weighted by atomic mass is 10.1. The summed E-state index contributed by atoms with van der Waals surface area (Å²) in [5.74, 6) is 2.27. The highest BCUT2D eigenvalue weighted by Crippen LogP contribution is 2.32. The lowest BCUT2D eigenvalue weighted by molar-refractivity contribution is 0.0646. The third kappa shape index (κ3) is 5.89. The van der Waals surface area contributed by atoms with E-state index in [0.717, 1.165) is 36.6 Å². The van der Waals surface area contributed by atoms with E-state index in [4.69, 9.17) is 14.2 Å². The third-order valence-corrected chi connectivity index (χ3v) is 4.48. The molecule has 1 aliphatic heterocycles. The number of aliphatic imine (C=N–C) groups is 1. The Morgan fingerprint density at radius 1 is 1.11 bits per heavy atom. The summed E-state index contributed by atoms with van der Waals surface area (Å²) in [6.07, 6.45) is 1.88. The lowest BCUT2D eigenvalue weighted by Crippen LogP contribution is -2.32. The zero-order chi connectivity index (χ0) is 19.6. The number of hydrogen-bond acceptors (Lipinski definition) is 4. The van der Waals surface area contributed by atoms with Crippen molar-refractivity contribution in [1.29, 1.82) is 0 Å². The van der Waals surface area contributed by atoms with E-state index in [9.17, 15) is 0 Å². The number of benzene rings is 2. The largest absolute Gasteiger partial charge is 0.490 e. The average molecular weight is 383 g/mol. The lowest BCUT2D eigenvalue weighted by Gasteiger charge is -2.15. The fraction of sp³-hybridized carbons (Fsp3) is 0.409. The van der Waals surface area contributed by atoms with Crippen LogP contribution >= 0.6 is 0 Å². The van der Waals surface area contributed by atoms with Crippen LogP contribution in [0.2, 0.25) is 0 Å². The Balaban J connectivity index is 1.41. The van der Waals surface area contributed by atoms with Crippen LogP contribution in [-0.2, 0) is 4.74 Å². The van der Waals surface area contributed by atoms with Crippen molar-refractivity contribution in [3.8, 4) is 11.5 Å². The van der Waals surface area contributed by atoms with Crippen molar-refractivity contribution >= 4 is 11.6 Å². The van der Waals surface area contributed by atoms with Gasteiger partial charge in [-0.15, -0.1) is 0 Å². The van der Waals surface area contributed by atoms with E-state index in [2.05, 4.69) is 34.7 Å². The van der Waals surface area contributed by atoms with Gasteiger partial charge in [0.05, 0.1) is 19.3 Å². The molecule has 0 spiro atoms. The van der Waals surface area contributed by atoms with E-state index in [-0.39, 0.29) is 6.10 Å². The Labute approximate surface area is 166 Å². The van der Waals surface area contributed by atoms with Crippen molar-refractivity contribution in [2.45, 2.75) is 25.9 Å². The minimum Gasteiger partial charge on any atom is -0.490 e. The molecular weight excluding hydrogens is 354 g/mol. The molecule has 0 saturated carbocycles. The molecule has 2 N–H and O–H groups in total. The van der Waals surface area contributed by atoms with Gasteiger partial charge in [0.25, 0.3) is 0 Å². The SMILES string of the molecule is CN=C(NCCCOC(C)c1ccccc1)Nc1ccc2c(c1)OCCCO2. The van der Waals surface area contributed by atoms with Gasteiger partial charge in [-0.1, -0.05) is 30.3 Å². The summed E-state index contributed by atoms with van der Waals surface area (Å²) in [7, 11) is 1.76. The van der Waals surface area contributed by atoms with Gasteiger partial charge in [-0.25, -0.2) is 0 Å². The summed E-state index contributed by atoms with van der Waals surface area (Å²) in [5.41, 5.74) is 2.11. The maximum absolute atomic E-state index is 5.91. The number of guanidine groups is 1. The molecule has 0 aliphatic carbocycles. The number of rotatable bonds is 7. The molecular formula is C22H29N3O3. The van der Waals surface area contributed by atoms with Gasteiger partial charge in [0.1, 0.15) is 0 Å². The second kappa shape index (κ2) is 10.6. The maximum atomic E-state index is 5.91. The molecule has 6 nitrogen and oxygen atoms in total. The van der Waals surface area contributed by atoms with Crippen molar-refractivity contribution < 1.29 is 14.2 Å². The van der Waals surface area contributed by atoms with Crippen molar-refractivity contribution in [3.63, 3.8) is 0 Å². The number of hydrogen-bond donors (Lipinski definition) is 2. The van der Waals surface area contributed by atoms with Gasteiger partial charge in [0.15, 0.2) is 17.5 Å². The van der Waals surface area contributed by atoms with Crippen LogP contribution in [0.5, 0.6) is 11.5 Å². The van der Waals surface area contributed by atoms with Crippen LogP contribution in [0.25, 0.3) is 0 Å². The molecule has 28 heavy (non-hydrogen) atoms. The van der Waals surface area contributed by atoms with E-state index >= 15 is 0 Å². The molecule has 1 atom stereocenters. The van der Waals surface area contributed by atoms with Crippen LogP contribution in [0, 0.1) is 0 Å². The van der Waals surface area contributed by atoms with Gasteiger partial charge in [-0.05, 0) is 31.0 Å². The zero-order valence-corrected chi connectivity index (χ0v) is 16.6. The maximum Gasteiger partial charge on any atom is 0.195 e. The molecule has 3 rings (SSSR count). The predicted octanol–water partition coefficient (Wildman–Crippen LogP) is 4.00. The second-order valence-electron chi connectivity index (χ2n) is 6.61. The van der Waals surface area contributed by atoms with Gasteiger partial charge in [0, 0.05) is 38.4 Å². The monoisotopic (exact) mass is 383 g/mol. The molecule has 0 aromatic heterocycles. The summed E-state index contributed by atoms with van der Waals surface area (Å²) < 4.78 is 17.3. The van der Waals surface area contributed by atoms with Crippen molar-refractivity contribution in [2.75, 3.05) is 38.7 Å². The molecule has 0 bridgehead atoms. The summed E-state index contributed by atoms with van der Waals surface area (Å²) in [5, 5.41) is 6.60. The van der Waals surface area contributed by atoms with Crippen LogP contribution < -0.4 is 20.1 Å². The minimum atomic E-state index is 0.0976. The average Bonchev–Trinajstić information content (AvgIpc) is 2.98. The number of anilines is 1. The number of ether oxygens (including phenoxy) is 3. The molecule has 0 saturated heterocycles. The second-order valence-corrected chi connectivity index (χ2v) is 6.61. The first-order chi connectivity index (χ1) is 13.8. The Bertz CT molecular complexity index is 765. The molecule has 6 heteroatoms. The summed E-state index contributed by atoms with van der Waals surface area (Å²) in [6.45, 7) is 4.89. The third-order valence-electron chi connectivity index (χ3n) is 4.48. The molecule has 0 radical (unpaired) electrons. The Kier molecular flexibility index (Phi) is 7.55. The minimum absolute atomic E-state index is 0.0976. The molecule has 1 unspecified atom stereocenters. The first-order valence-corrected chi connectivity index (χ1v) is 9.80. The summed E-state index contributed by atoms with van der Waals surface area (Å²) >= 11 is 0. The van der Waals surface area contributed by atoms with Gasteiger partial charge >= 0.3 is 0 Å². The van der Waals surface area contributed by atoms with Gasteiger partial charge < -0.3 is 24.8 Å². The number of nitrogens with zero attached hydrogens (tertiary/aromatic N) is 1. The van der Waals surface area contributed by atoms with Crippen molar-refractivity contribution in [1.82, 2.24) is 5.32 Å². The molecule has 1 aliphatic rings. The van der Waals surface area contributed by atoms with Crippen molar-refractivity contribution in [3.05, 3.63) is 54.1 Å². The fourth-order valence-electron chi connectivity index (χ4n) is 2.92.